The summed E-state index contributed by atoms with van der Waals surface area (Å²) < 4.78 is 11.0. The highest BCUT2D eigenvalue weighted by atomic mass is 79.9. The molecule has 3 rings (SSSR count). The number of rotatable bonds is 6. The van der Waals surface area contributed by atoms with Gasteiger partial charge in [0.2, 0.25) is 5.01 Å². The summed E-state index contributed by atoms with van der Waals surface area (Å²) in [5.74, 6) is 0.856. The summed E-state index contributed by atoms with van der Waals surface area (Å²) in [6.07, 6.45) is 2.33. The van der Waals surface area contributed by atoms with Crippen molar-refractivity contribution in [3.63, 3.8) is 0 Å². The molecule has 2 heterocycles. The van der Waals surface area contributed by atoms with Gasteiger partial charge < -0.3 is 15.2 Å². The highest BCUT2D eigenvalue weighted by Crippen LogP contribution is 2.47. The molecule has 5 nitrogen and oxygen atoms in total. The number of halogens is 2. The monoisotopic (exact) mass is 432 g/mol. The van der Waals surface area contributed by atoms with E-state index in [-0.39, 0.29) is 23.5 Å². The predicted octanol–water partition coefficient (Wildman–Crippen LogP) is 3.22. The SMILES string of the molecule is NC(=S)C1CC1c1cc(OC(Br)C(=O)C2CCOCC2)cc(Cl)n1. The van der Waals surface area contributed by atoms with Crippen molar-refractivity contribution < 1.29 is 14.3 Å². The lowest BCUT2D eigenvalue weighted by Crippen LogP contribution is -2.32. The number of Topliss-reactive ketones (excluding diaryl/α,β-unsaturated/α-hetero) is 1. The van der Waals surface area contributed by atoms with Crippen LogP contribution in [0.5, 0.6) is 5.75 Å². The molecular formula is C16H18BrClN2O3S. The van der Waals surface area contributed by atoms with Crippen LogP contribution in [0.4, 0.5) is 0 Å². The zero-order valence-electron chi connectivity index (χ0n) is 12.9. The van der Waals surface area contributed by atoms with Crippen LogP contribution in [0, 0.1) is 11.8 Å². The van der Waals surface area contributed by atoms with Crippen LogP contribution in [-0.4, -0.2) is 34.0 Å². The van der Waals surface area contributed by atoms with E-state index in [4.69, 9.17) is 39.0 Å². The molecule has 2 fully saturated rings. The van der Waals surface area contributed by atoms with Gasteiger partial charge in [-0.3, -0.25) is 4.79 Å². The second-order valence-electron chi connectivity index (χ2n) is 6.12. The Balaban J connectivity index is 1.67. The lowest BCUT2D eigenvalue weighted by Gasteiger charge is -2.23. The number of hydrogen-bond donors (Lipinski definition) is 1. The Morgan fingerprint density at radius 3 is 2.79 bits per heavy atom. The third-order valence-electron chi connectivity index (χ3n) is 4.41. The van der Waals surface area contributed by atoms with Crippen molar-refractivity contribution >= 4 is 50.5 Å². The smallest absolute Gasteiger partial charge is 0.211 e. The number of ether oxygens (including phenoxy) is 2. The normalized spacial score (nSPS) is 25.1. The highest BCUT2D eigenvalue weighted by molar-refractivity contribution is 9.09. The number of ketones is 1. The first-order chi connectivity index (χ1) is 11.5. The maximum atomic E-state index is 12.5. The fourth-order valence-corrected chi connectivity index (χ4v) is 3.99. The van der Waals surface area contributed by atoms with Gasteiger partial charge in [-0.25, -0.2) is 4.98 Å². The lowest BCUT2D eigenvalue weighted by atomic mass is 9.96. The highest BCUT2D eigenvalue weighted by Gasteiger charge is 2.42. The summed E-state index contributed by atoms with van der Waals surface area (Å²) in [5, 5.41) is -0.383. The van der Waals surface area contributed by atoms with Gasteiger partial charge in [0, 0.05) is 48.8 Å². The minimum Gasteiger partial charge on any atom is -0.471 e. The minimum atomic E-state index is -0.711. The van der Waals surface area contributed by atoms with Gasteiger partial charge in [0.1, 0.15) is 10.9 Å². The van der Waals surface area contributed by atoms with Crippen LogP contribution in [-0.2, 0) is 9.53 Å². The molecule has 0 amide bonds. The Bertz CT molecular complexity index is 654. The second-order valence-corrected chi connectivity index (χ2v) is 7.81. The number of carbonyl (C=O) groups excluding carboxylic acids is 1. The number of hydrogen-bond acceptors (Lipinski definition) is 5. The van der Waals surface area contributed by atoms with Crippen molar-refractivity contribution in [2.24, 2.45) is 17.6 Å². The molecule has 1 aromatic rings. The minimum absolute atomic E-state index is 0.0280. The Hall–Kier alpha value is -0.760. The number of nitrogens with two attached hydrogens (primary N) is 1. The van der Waals surface area contributed by atoms with Gasteiger partial charge in [-0.05, 0) is 35.2 Å². The number of carbonyl (C=O) groups is 1. The fourth-order valence-electron chi connectivity index (χ4n) is 2.93. The van der Waals surface area contributed by atoms with Gasteiger partial charge in [0.15, 0.2) is 5.78 Å². The third-order valence-corrected chi connectivity index (χ3v) is 5.54. The van der Waals surface area contributed by atoms with Crippen molar-refractivity contribution in [3.05, 3.63) is 23.0 Å². The van der Waals surface area contributed by atoms with Gasteiger partial charge >= 0.3 is 0 Å². The van der Waals surface area contributed by atoms with Gasteiger partial charge in [-0.1, -0.05) is 23.8 Å². The number of aromatic nitrogens is 1. The van der Waals surface area contributed by atoms with Gasteiger partial charge in [0.25, 0.3) is 0 Å². The molecule has 0 spiro atoms. The molecule has 1 saturated carbocycles. The molecule has 0 radical (unpaired) electrons. The molecular weight excluding hydrogens is 416 g/mol. The molecule has 1 aromatic heterocycles. The molecule has 24 heavy (non-hydrogen) atoms. The summed E-state index contributed by atoms with van der Waals surface area (Å²) in [5.41, 5.74) is 6.48. The van der Waals surface area contributed by atoms with Gasteiger partial charge in [-0.15, -0.1) is 0 Å². The summed E-state index contributed by atoms with van der Waals surface area (Å²) in [7, 11) is 0. The van der Waals surface area contributed by atoms with Gasteiger partial charge in [-0.2, -0.15) is 0 Å². The van der Waals surface area contributed by atoms with E-state index >= 15 is 0 Å². The Morgan fingerprint density at radius 1 is 1.46 bits per heavy atom. The van der Waals surface area contributed by atoms with Crippen molar-refractivity contribution in [2.45, 2.75) is 30.2 Å². The molecule has 3 unspecified atom stereocenters. The van der Waals surface area contributed by atoms with Crippen LogP contribution >= 0.6 is 39.7 Å². The Morgan fingerprint density at radius 2 is 2.17 bits per heavy atom. The van der Waals surface area contributed by atoms with E-state index in [2.05, 4.69) is 20.9 Å². The lowest BCUT2D eigenvalue weighted by molar-refractivity contribution is -0.128. The molecule has 1 saturated heterocycles. The Kier molecular flexibility index (Phi) is 5.74. The Labute approximate surface area is 159 Å². The maximum absolute atomic E-state index is 12.5. The van der Waals surface area contributed by atoms with Crippen LogP contribution < -0.4 is 10.5 Å². The predicted molar refractivity (Wildman–Crippen MR) is 98.8 cm³/mol. The molecule has 2 N–H and O–H groups in total. The standard InChI is InChI=1S/C16H18BrClN2O3S/c17-15(14(21)8-1-3-22-4-2-8)23-9-5-12(20-13(18)6-9)10-7-11(10)16(19)24/h5-6,8,10-11,15H,1-4,7H2,(H2,19,24). The average molecular weight is 434 g/mol. The molecule has 8 heteroatoms. The van der Waals surface area contributed by atoms with Crippen molar-refractivity contribution in [3.8, 4) is 5.75 Å². The van der Waals surface area contributed by atoms with Crippen LogP contribution in [0.3, 0.4) is 0 Å². The zero-order valence-corrected chi connectivity index (χ0v) is 16.1. The first-order valence-corrected chi connectivity index (χ1v) is 9.55. The number of pyridine rings is 1. The van der Waals surface area contributed by atoms with Crippen LogP contribution in [0.1, 0.15) is 30.9 Å². The largest absolute Gasteiger partial charge is 0.471 e. The summed E-state index contributed by atoms with van der Waals surface area (Å²) >= 11 is 14.4. The molecule has 2 aliphatic rings. The number of alkyl halides is 1. The van der Waals surface area contributed by atoms with Gasteiger partial charge in [0.05, 0.1) is 4.99 Å². The average Bonchev–Trinajstić information content (AvgIpc) is 3.35. The molecule has 1 aliphatic heterocycles. The summed E-state index contributed by atoms with van der Waals surface area (Å²) in [4.78, 5) is 17.3. The van der Waals surface area contributed by atoms with Crippen LogP contribution in [0.25, 0.3) is 0 Å². The van der Waals surface area contributed by atoms with E-state index in [0.29, 0.717) is 29.1 Å². The summed E-state index contributed by atoms with van der Waals surface area (Å²) in [6, 6.07) is 3.41. The van der Waals surface area contributed by atoms with E-state index in [1.807, 2.05) is 0 Å². The van der Waals surface area contributed by atoms with E-state index in [1.54, 1.807) is 12.1 Å². The topological polar surface area (TPSA) is 74.4 Å². The molecule has 3 atom stereocenters. The first-order valence-electron chi connectivity index (χ1n) is 7.84. The van der Waals surface area contributed by atoms with Crippen molar-refractivity contribution in [1.29, 1.82) is 0 Å². The zero-order chi connectivity index (χ0) is 17.3. The molecule has 1 aliphatic carbocycles. The third kappa shape index (κ3) is 4.25. The number of thiocarbonyl (C=S) groups is 1. The quantitative estimate of drug-likeness (QED) is 0.422. The van der Waals surface area contributed by atoms with E-state index in [0.717, 1.165) is 25.0 Å². The van der Waals surface area contributed by atoms with Crippen LogP contribution in [0.15, 0.2) is 12.1 Å². The van der Waals surface area contributed by atoms with E-state index in [1.165, 1.54) is 0 Å². The molecule has 0 bridgehead atoms. The van der Waals surface area contributed by atoms with Crippen LogP contribution in [0.2, 0.25) is 5.15 Å². The van der Waals surface area contributed by atoms with E-state index < -0.39 is 5.01 Å². The number of nitrogens with zero attached hydrogens (tertiary/aromatic N) is 1. The fraction of sp³-hybridized carbons (Fsp3) is 0.562. The first kappa shape index (κ1) is 18.0. The second kappa shape index (κ2) is 7.64. The van der Waals surface area contributed by atoms with E-state index in [9.17, 15) is 4.79 Å². The maximum Gasteiger partial charge on any atom is 0.211 e. The summed E-state index contributed by atoms with van der Waals surface area (Å²) in [6.45, 7) is 1.23. The van der Waals surface area contributed by atoms with Crippen molar-refractivity contribution in [2.75, 3.05) is 13.2 Å². The van der Waals surface area contributed by atoms with Crippen molar-refractivity contribution in [1.82, 2.24) is 4.98 Å². The molecule has 0 aromatic carbocycles. The molecule has 130 valence electrons.